The zero-order valence-electron chi connectivity index (χ0n) is 11.5. The summed E-state index contributed by atoms with van der Waals surface area (Å²) in [6.07, 6.45) is 1.68. The molecule has 0 fully saturated rings. The summed E-state index contributed by atoms with van der Waals surface area (Å²) in [6, 6.07) is 1.63. The van der Waals surface area contributed by atoms with Crippen molar-refractivity contribution >= 4 is 12.1 Å². The average Bonchev–Trinajstić information content (AvgIpc) is 2.83. The number of hydrogen-bond acceptors (Lipinski definition) is 5. The molecule has 0 aromatic carbocycles. The summed E-state index contributed by atoms with van der Waals surface area (Å²) in [5.74, 6) is 1.47. The second-order valence-corrected chi connectivity index (χ2v) is 4.29. The Morgan fingerprint density at radius 3 is 2.63 bits per heavy atom. The molecule has 0 amide bonds. The minimum Gasteiger partial charge on any atom is -0.482 e. The highest BCUT2D eigenvalue weighted by Gasteiger charge is 2.20. The van der Waals surface area contributed by atoms with Gasteiger partial charge in [0.25, 0.3) is 0 Å². The van der Waals surface area contributed by atoms with Crippen LogP contribution in [0.2, 0.25) is 0 Å². The van der Waals surface area contributed by atoms with Crippen LogP contribution in [0.5, 0.6) is 11.8 Å². The van der Waals surface area contributed by atoms with Gasteiger partial charge in [0.2, 0.25) is 17.5 Å². The number of rotatable bonds is 5. The van der Waals surface area contributed by atoms with Crippen LogP contribution < -0.4 is 9.47 Å². The number of imidazole rings is 1. The molecule has 0 spiro atoms. The molecule has 0 saturated heterocycles. The van der Waals surface area contributed by atoms with Crippen LogP contribution in [0.3, 0.4) is 0 Å². The van der Waals surface area contributed by atoms with Crippen LogP contribution in [-0.2, 0) is 0 Å². The van der Waals surface area contributed by atoms with Gasteiger partial charge in [-0.25, -0.2) is 9.38 Å². The first-order chi connectivity index (χ1) is 9.15. The van der Waals surface area contributed by atoms with Crippen LogP contribution in [0.4, 0.5) is 0 Å². The number of fused-ring (bicyclic) bond motifs is 1. The zero-order valence-corrected chi connectivity index (χ0v) is 11.5. The van der Waals surface area contributed by atoms with Gasteiger partial charge in [-0.1, -0.05) is 13.8 Å². The van der Waals surface area contributed by atoms with Gasteiger partial charge in [0.05, 0.1) is 26.0 Å². The van der Waals surface area contributed by atoms with Gasteiger partial charge in [-0.05, 0) is 6.42 Å². The summed E-state index contributed by atoms with van der Waals surface area (Å²) in [5, 5.41) is 0. The summed E-state index contributed by atoms with van der Waals surface area (Å²) < 4.78 is 12.0. The standard InChI is InChI=1S/C13H17N3O3/c1-5-8(2)12-9(7-17)16-11(19-4)6-10(18-3)14-13(16)15-12/h6-8H,5H2,1-4H3. The van der Waals surface area contributed by atoms with Gasteiger partial charge in [-0.3, -0.25) is 4.79 Å². The van der Waals surface area contributed by atoms with Gasteiger partial charge < -0.3 is 9.47 Å². The van der Waals surface area contributed by atoms with Crippen molar-refractivity contribution in [2.24, 2.45) is 0 Å². The molecule has 102 valence electrons. The van der Waals surface area contributed by atoms with E-state index < -0.39 is 0 Å². The zero-order chi connectivity index (χ0) is 14.0. The average molecular weight is 263 g/mol. The number of hydrogen-bond donors (Lipinski definition) is 0. The molecule has 0 radical (unpaired) electrons. The van der Waals surface area contributed by atoms with E-state index in [1.165, 1.54) is 14.2 Å². The van der Waals surface area contributed by atoms with Crippen molar-refractivity contribution in [3.05, 3.63) is 17.5 Å². The molecule has 6 nitrogen and oxygen atoms in total. The molecule has 0 aliphatic carbocycles. The summed E-state index contributed by atoms with van der Waals surface area (Å²) in [4.78, 5) is 20.0. The smallest absolute Gasteiger partial charge is 0.240 e. The first-order valence-corrected chi connectivity index (χ1v) is 6.12. The number of aromatic nitrogens is 3. The fourth-order valence-electron chi connectivity index (χ4n) is 1.95. The summed E-state index contributed by atoms with van der Waals surface area (Å²) in [6.45, 7) is 4.08. The Bertz CT molecular complexity index is 607. The summed E-state index contributed by atoms with van der Waals surface area (Å²) >= 11 is 0. The van der Waals surface area contributed by atoms with Gasteiger partial charge in [0, 0.05) is 5.92 Å². The maximum absolute atomic E-state index is 11.4. The molecule has 2 aromatic rings. The van der Waals surface area contributed by atoms with Crippen molar-refractivity contribution in [1.82, 2.24) is 14.4 Å². The van der Waals surface area contributed by atoms with Crippen molar-refractivity contribution in [1.29, 1.82) is 0 Å². The summed E-state index contributed by atoms with van der Waals surface area (Å²) in [5.41, 5.74) is 1.22. The van der Waals surface area contributed by atoms with Crippen molar-refractivity contribution in [2.75, 3.05) is 14.2 Å². The van der Waals surface area contributed by atoms with Crippen molar-refractivity contribution in [3.8, 4) is 11.8 Å². The third kappa shape index (κ3) is 2.14. The molecule has 0 aliphatic heterocycles. The van der Waals surface area contributed by atoms with Gasteiger partial charge in [0.15, 0.2) is 6.29 Å². The third-order valence-corrected chi connectivity index (χ3v) is 3.21. The van der Waals surface area contributed by atoms with Gasteiger partial charge in [-0.15, -0.1) is 0 Å². The highest BCUT2D eigenvalue weighted by atomic mass is 16.5. The topological polar surface area (TPSA) is 65.7 Å². The van der Waals surface area contributed by atoms with E-state index in [1.54, 1.807) is 10.5 Å². The number of carbonyl (C=O) groups is 1. The maximum atomic E-state index is 11.4. The van der Waals surface area contributed by atoms with E-state index in [-0.39, 0.29) is 5.92 Å². The molecular formula is C13H17N3O3. The first kappa shape index (κ1) is 13.3. The number of ether oxygens (including phenoxy) is 2. The molecule has 0 saturated carbocycles. The lowest BCUT2D eigenvalue weighted by molar-refractivity contribution is 0.111. The first-order valence-electron chi connectivity index (χ1n) is 6.12. The Kier molecular flexibility index (Phi) is 3.69. The Hall–Kier alpha value is -2.11. The summed E-state index contributed by atoms with van der Waals surface area (Å²) in [7, 11) is 3.06. The molecule has 2 rings (SSSR count). The highest BCUT2D eigenvalue weighted by molar-refractivity contribution is 5.77. The molecule has 0 bridgehead atoms. The predicted octanol–water partition coefficient (Wildman–Crippen LogP) is 2.07. The number of nitrogens with zero attached hydrogens (tertiary/aromatic N) is 3. The number of carbonyl (C=O) groups excluding carboxylic acids is 1. The lowest BCUT2D eigenvalue weighted by Crippen LogP contribution is -2.02. The Morgan fingerprint density at radius 2 is 2.11 bits per heavy atom. The molecule has 1 unspecified atom stereocenters. The third-order valence-electron chi connectivity index (χ3n) is 3.21. The predicted molar refractivity (Wildman–Crippen MR) is 70.2 cm³/mol. The lowest BCUT2D eigenvalue weighted by atomic mass is 10.0. The monoisotopic (exact) mass is 263 g/mol. The number of methoxy groups -OCH3 is 2. The maximum Gasteiger partial charge on any atom is 0.240 e. The van der Waals surface area contributed by atoms with Crippen LogP contribution in [0.1, 0.15) is 42.4 Å². The van der Waals surface area contributed by atoms with E-state index in [0.29, 0.717) is 23.2 Å². The van der Waals surface area contributed by atoms with Crippen molar-refractivity contribution in [3.63, 3.8) is 0 Å². The van der Waals surface area contributed by atoms with Crippen molar-refractivity contribution in [2.45, 2.75) is 26.2 Å². The molecule has 6 heteroatoms. The van der Waals surface area contributed by atoms with Crippen LogP contribution in [0.15, 0.2) is 6.07 Å². The van der Waals surface area contributed by atoms with Crippen LogP contribution >= 0.6 is 0 Å². The normalized spacial score (nSPS) is 12.4. The van der Waals surface area contributed by atoms with E-state index in [4.69, 9.17) is 9.47 Å². The Morgan fingerprint density at radius 1 is 1.37 bits per heavy atom. The van der Waals surface area contributed by atoms with E-state index in [2.05, 4.69) is 16.9 Å². The van der Waals surface area contributed by atoms with E-state index in [9.17, 15) is 4.79 Å². The van der Waals surface area contributed by atoms with Crippen LogP contribution in [0, 0.1) is 0 Å². The number of aldehydes is 1. The molecule has 0 aliphatic rings. The minimum atomic E-state index is 0.178. The fourth-order valence-corrected chi connectivity index (χ4v) is 1.95. The molecular weight excluding hydrogens is 246 g/mol. The molecule has 19 heavy (non-hydrogen) atoms. The second kappa shape index (κ2) is 5.26. The van der Waals surface area contributed by atoms with Crippen LogP contribution in [-0.4, -0.2) is 34.9 Å². The largest absolute Gasteiger partial charge is 0.482 e. The van der Waals surface area contributed by atoms with E-state index in [0.717, 1.165) is 18.4 Å². The Balaban J connectivity index is 2.78. The van der Waals surface area contributed by atoms with Gasteiger partial charge in [0.1, 0.15) is 5.69 Å². The molecule has 1 atom stereocenters. The van der Waals surface area contributed by atoms with Crippen molar-refractivity contribution < 1.29 is 14.3 Å². The molecule has 0 N–H and O–H groups in total. The quantitative estimate of drug-likeness (QED) is 0.773. The van der Waals surface area contributed by atoms with Crippen LogP contribution in [0.25, 0.3) is 5.78 Å². The molecule has 2 heterocycles. The Labute approximate surface area is 111 Å². The molecule has 2 aromatic heterocycles. The van der Waals surface area contributed by atoms with Gasteiger partial charge >= 0.3 is 0 Å². The SMILES string of the molecule is CCC(C)c1nc2nc(OC)cc(OC)n2c1C=O. The van der Waals surface area contributed by atoms with Gasteiger partial charge in [-0.2, -0.15) is 4.98 Å². The minimum absolute atomic E-state index is 0.178. The lowest BCUT2D eigenvalue weighted by Gasteiger charge is -2.07. The highest BCUT2D eigenvalue weighted by Crippen LogP contribution is 2.27. The second-order valence-electron chi connectivity index (χ2n) is 4.29. The van der Waals surface area contributed by atoms with E-state index in [1.807, 2.05) is 6.92 Å². The van der Waals surface area contributed by atoms with E-state index >= 15 is 0 Å². The fraction of sp³-hybridized carbons (Fsp3) is 0.462.